The molecule has 2 aliphatic rings. The molecule has 1 spiro atoms. The van der Waals surface area contributed by atoms with Gasteiger partial charge in [0.05, 0.1) is 12.3 Å². The molecule has 158 valence electrons. The molecule has 4 heterocycles. The highest BCUT2D eigenvalue weighted by Gasteiger charge is 2.43. The van der Waals surface area contributed by atoms with E-state index in [0.29, 0.717) is 38.4 Å². The molecule has 0 N–H and O–H groups in total. The average Bonchev–Trinajstić information content (AvgIpc) is 2.82. The van der Waals surface area contributed by atoms with Crippen molar-refractivity contribution in [1.29, 1.82) is 0 Å². The third-order valence-corrected chi connectivity index (χ3v) is 6.09. The quantitative estimate of drug-likeness (QED) is 0.645. The Kier molecular flexibility index (Phi) is 5.07. The summed E-state index contributed by atoms with van der Waals surface area (Å²) in [5.41, 5.74) is 2.12. The van der Waals surface area contributed by atoms with E-state index in [2.05, 4.69) is 9.97 Å². The van der Waals surface area contributed by atoms with Crippen LogP contribution in [-0.2, 0) is 28.1 Å². The van der Waals surface area contributed by atoms with E-state index < -0.39 is 11.3 Å². The van der Waals surface area contributed by atoms with Crippen LogP contribution in [-0.4, -0.2) is 50.0 Å². The molecule has 0 unspecified atom stereocenters. The molecular formula is C23H23N5O3. The third-order valence-electron chi connectivity index (χ3n) is 6.09. The second-order valence-corrected chi connectivity index (χ2v) is 7.94. The number of nitrogens with zero attached hydrogens (tertiary/aromatic N) is 5. The van der Waals surface area contributed by atoms with Crippen LogP contribution < -0.4 is 5.69 Å². The molecule has 1 saturated heterocycles. The number of hydrogen-bond acceptors (Lipinski definition) is 6. The van der Waals surface area contributed by atoms with Gasteiger partial charge in [-0.25, -0.2) is 19.7 Å². The van der Waals surface area contributed by atoms with Gasteiger partial charge in [-0.1, -0.05) is 30.3 Å². The van der Waals surface area contributed by atoms with Gasteiger partial charge in [0.15, 0.2) is 5.82 Å². The molecule has 0 saturated carbocycles. The second-order valence-electron chi connectivity index (χ2n) is 7.94. The fourth-order valence-electron chi connectivity index (χ4n) is 4.39. The van der Waals surface area contributed by atoms with Crippen LogP contribution in [0.25, 0.3) is 11.4 Å². The minimum Gasteiger partial charge on any atom is -0.368 e. The van der Waals surface area contributed by atoms with E-state index in [4.69, 9.17) is 9.72 Å². The molecule has 3 aromatic rings. The number of rotatable bonds is 3. The van der Waals surface area contributed by atoms with E-state index in [1.54, 1.807) is 17.2 Å². The predicted molar refractivity (Wildman–Crippen MR) is 113 cm³/mol. The maximum Gasteiger partial charge on any atom is 0.347 e. The number of amides is 1. The molecule has 1 aromatic carbocycles. The topological polar surface area (TPSA) is 90.2 Å². The molecule has 0 radical (unpaired) electrons. The molecule has 5 rings (SSSR count). The molecule has 2 aromatic heterocycles. The molecule has 8 nitrogen and oxygen atoms in total. The first kappa shape index (κ1) is 19.6. The molecule has 0 atom stereocenters. The van der Waals surface area contributed by atoms with Gasteiger partial charge in [0, 0.05) is 37.2 Å². The number of carbonyl (C=O) groups excluding carboxylic acids is 1. The van der Waals surface area contributed by atoms with Crippen LogP contribution in [0.1, 0.15) is 24.1 Å². The van der Waals surface area contributed by atoms with Crippen molar-refractivity contribution in [3.05, 3.63) is 76.7 Å². The number of ether oxygens (including phenoxy) is 1. The summed E-state index contributed by atoms with van der Waals surface area (Å²) in [7, 11) is 0. The zero-order valence-corrected chi connectivity index (χ0v) is 17.1. The fraction of sp³-hybridized carbons (Fsp3) is 0.348. The lowest BCUT2D eigenvalue weighted by Crippen LogP contribution is -2.50. The summed E-state index contributed by atoms with van der Waals surface area (Å²) < 4.78 is 7.63. The predicted octanol–water partition coefficient (Wildman–Crippen LogP) is 1.79. The fourth-order valence-corrected chi connectivity index (χ4v) is 4.39. The molecule has 0 bridgehead atoms. The van der Waals surface area contributed by atoms with Crippen molar-refractivity contribution in [2.75, 3.05) is 19.7 Å². The van der Waals surface area contributed by atoms with E-state index in [9.17, 15) is 9.59 Å². The first-order valence-electron chi connectivity index (χ1n) is 10.5. The Morgan fingerprint density at radius 2 is 1.90 bits per heavy atom. The lowest BCUT2D eigenvalue weighted by molar-refractivity contribution is -0.141. The molecular weight excluding hydrogens is 394 g/mol. The summed E-state index contributed by atoms with van der Waals surface area (Å²) >= 11 is 0. The van der Waals surface area contributed by atoms with Crippen molar-refractivity contribution in [3.63, 3.8) is 0 Å². The molecule has 31 heavy (non-hydrogen) atoms. The summed E-state index contributed by atoms with van der Waals surface area (Å²) in [6.45, 7) is 1.73. The molecule has 1 fully saturated rings. The largest absolute Gasteiger partial charge is 0.368 e. The zero-order valence-electron chi connectivity index (χ0n) is 17.1. The van der Waals surface area contributed by atoms with Crippen molar-refractivity contribution >= 4 is 5.91 Å². The summed E-state index contributed by atoms with van der Waals surface area (Å²) in [5, 5.41) is 0. The maximum absolute atomic E-state index is 12.7. The number of fused-ring (bicyclic) bond motifs is 2. The summed E-state index contributed by atoms with van der Waals surface area (Å²) in [6, 6.07) is 11.6. The first-order valence-corrected chi connectivity index (χ1v) is 10.5. The van der Waals surface area contributed by atoms with E-state index in [-0.39, 0.29) is 12.5 Å². The Morgan fingerprint density at radius 1 is 1.10 bits per heavy atom. The monoisotopic (exact) mass is 417 g/mol. The highest BCUT2D eigenvalue weighted by Crippen LogP contribution is 2.40. The minimum absolute atomic E-state index is 0.00254. The van der Waals surface area contributed by atoms with Gasteiger partial charge in [-0.3, -0.25) is 9.36 Å². The van der Waals surface area contributed by atoms with Gasteiger partial charge >= 0.3 is 5.69 Å². The van der Waals surface area contributed by atoms with Gasteiger partial charge in [-0.15, -0.1) is 0 Å². The Bertz CT molecular complexity index is 1150. The number of carbonyl (C=O) groups is 1. The summed E-state index contributed by atoms with van der Waals surface area (Å²) in [6.07, 6.45) is 7.05. The highest BCUT2D eigenvalue weighted by atomic mass is 16.5. The van der Waals surface area contributed by atoms with E-state index in [0.717, 1.165) is 23.2 Å². The Hall–Kier alpha value is -3.39. The van der Waals surface area contributed by atoms with Crippen LogP contribution in [0, 0.1) is 0 Å². The molecule has 0 aliphatic carbocycles. The standard InChI is InChI=1S/C23H23N5O3/c29-19(16-28-11-4-10-24-22(28)30)27-12-8-23(9-13-27)20-18(7-14-31-23)15-25-21(26-20)17-5-2-1-3-6-17/h1-6,10-11,15H,7-9,12-14,16H2. The van der Waals surface area contributed by atoms with Crippen molar-refractivity contribution in [1.82, 2.24) is 24.4 Å². The SMILES string of the molecule is O=C(Cn1cccnc1=O)N1CCC2(CC1)OCCc1cnc(-c3ccccc3)nc12. The van der Waals surface area contributed by atoms with Gasteiger partial charge in [0.1, 0.15) is 12.1 Å². The van der Waals surface area contributed by atoms with Gasteiger partial charge < -0.3 is 9.64 Å². The van der Waals surface area contributed by atoms with E-state index in [1.165, 1.54) is 10.8 Å². The highest BCUT2D eigenvalue weighted by molar-refractivity contribution is 5.76. The van der Waals surface area contributed by atoms with Crippen molar-refractivity contribution in [2.24, 2.45) is 0 Å². The number of piperidine rings is 1. The number of likely N-dealkylation sites (tertiary alicyclic amines) is 1. The molecule has 8 heteroatoms. The summed E-state index contributed by atoms with van der Waals surface area (Å²) in [4.78, 5) is 39.5. The molecule has 1 amide bonds. The van der Waals surface area contributed by atoms with E-state index in [1.807, 2.05) is 36.5 Å². The Balaban J connectivity index is 1.35. The van der Waals surface area contributed by atoms with Gasteiger partial charge in [-0.2, -0.15) is 0 Å². The maximum atomic E-state index is 12.7. The normalized spacial score (nSPS) is 17.4. The third kappa shape index (κ3) is 3.74. The number of hydrogen-bond donors (Lipinski definition) is 0. The number of aromatic nitrogens is 4. The van der Waals surface area contributed by atoms with Crippen molar-refractivity contribution in [2.45, 2.75) is 31.4 Å². The van der Waals surface area contributed by atoms with Crippen LogP contribution in [0.15, 0.2) is 59.8 Å². The van der Waals surface area contributed by atoms with Crippen LogP contribution in [0.2, 0.25) is 0 Å². The Labute approximate surface area is 179 Å². The first-order chi connectivity index (χ1) is 15.1. The minimum atomic E-state index is -0.498. The smallest absolute Gasteiger partial charge is 0.347 e. The van der Waals surface area contributed by atoms with Crippen molar-refractivity contribution in [3.8, 4) is 11.4 Å². The summed E-state index contributed by atoms with van der Waals surface area (Å²) in [5.74, 6) is 0.604. The van der Waals surface area contributed by atoms with Gasteiger partial charge in [0.25, 0.3) is 0 Å². The molecule has 2 aliphatic heterocycles. The lowest BCUT2D eigenvalue weighted by Gasteiger charge is -2.44. The Morgan fingerprint density at radius 3 is 2.68 bits per heavy atom. The van der Waals surface area contributed by atoms with Crippen LogP contribution >= 0.6 is 0 Å². The van der Waals surface area contributed by atoms with Gasteiger partial charge in [-0.05, 0) is 30.9 Å². The second kappa shape index (κ2) is 8.03. The van der Waals surface area contributed by atoms with Crippen LogP contribution in [0.3, 0.4) is 0 Å². The van der Waals surface area contributed by atoms with E-state index >= 15 is 0 Å². The van der Waals surface area contributed by atoms with Crippen LogP contribution in [0.4, 0.5) is 0 Å². The number of benzene rings is 1. The zero-order chi connectivity index (χ0) is 21.3. The van der Waals surface area contributed by atoms with Gasteiger partial charge in [0.2, 0.25) is 5.91 Å². The van der Waals surface area contributed by atoms with Crippen molar-refractivity contribution < 1.29 is 9.53 Å². The van der Waals surface area contributed by atoms with Crippen LogP contribution in [0.5, 0.6) is 0 Å². The lowest BCUT2D eigenvalue weighted by atomic mass is 9.83. The average molecular weight is 417 g/mol.